The molecule has 1 aromatic heterocycles. The molecular formula is C30H31F3N6O. The zero-order valence-electron chi connectivity index (χ0n) is 22.4. The van der Waals surface area contributed by atoms with Crippen molar-refractivity contribution in [1.82, 2.24) is 30.0 Å². The first-order valence-corrected chi connectivity index (χ1v) is 13.2. The predicted molar refractivity (Wildman–Crippen MR) is 148 cm³/mol. The maximum atomic E-state index is 14.3. The molecule has 0 atom stereocenters. The summed E-state index contributed by atoms with van der Waals surface area (Å²) in [5, 5.41) is 21.9. The number of benzene rings is 3. The van der Waals surface area contributed by atoms with Crippen LogP contribution in [-0.4, -0.2) is 67.8 Å². The minimum absolute atomic E-state index is 0.00989. The van der Waals surface area contributed by atoms with Crippen LogP contribution in [0.1, 0.15) is 27.8 Å². The molecule has 7 nitrogen and oxygen atoms in total. The van der Waals surface area contributed by atoms with Crippen LogP contribution < -0.4 is 0 Å². The van der Waals surface area contributed by atoms with Crippen LogP contribution in [-0.2, 0) is 12.7 Å². The molecule has 0 spiro atoms. The Balaban J connectivity index is 1.37. The highest BCUT2D eigenvalue weighted by Crippen LogP contribution is 2.39. The van der Waals surface area contributed by atoms with E-state index >= 15 is 0 Å². The summed E-state index contributed by atoms with van der Waals surface area (Å²) in [6, 6.07) is 17.1. The number of aromatic hydroxyl groups is 1. The molecule has 0 saturated carbocycles. The lowest BCUT2D eigenvalue weighted by molar-refractivity contribution is -0.137. The first kappa shape index (κ1) is 27.5. The lowest BCUT2D eigenvalue weighted by Crippen LogP contribution is -2.45. The second kappa shape index (κ2) is 11.6. The Morgan fingerprint density at radius 3 is 2.25 bits per heavy atom. The number of alkyl halides is 3. The molecule has 208 valence electrons. The van der Waals surface area contributed by atoms with Gasteiger partial charge in [-0.25, -0.2) is 0 Å². The van der Waals surface area contributed by atoms with Crippen molar-refractivity contribution in [3.8, 4) is 22.8 Å². The zero-order valence-corrected chi connectivity index (χ0v) is 22.4. The van der Waals surface area contributed by atoms with Gasteiger partial charge in [0.25, 0.3) is 0 Å². The molecule has 3 aromatic carbocycles. The molecule has 4 aromatic rings. The van der Waals surface area contributed by atoms with E-state index in [4.69, 9.17) is 0 Å². The van der Waals surface area contributed by atoms with E-state index in [1.807, 2.05) is 56.3 Å². The molecular weight excluding hydrogens is 517 g/mol. The van der Waals surface area contributed by atoms with Gasteiger partial charge >= 0.3 is 6.18 Å². The van der Waals surface area contributed by atoms with Gasteiger partial charge in [0.05, 0.1) is 11.3 Å². The van der Waals surface area contributed by atoms with Crippen LogP contribution in [0.4, 0.5) is 13.2 Å². The van der Waals surface area contributed by atoms with Crippen molar-refractivity contribution < 1.29 is 18.3 Å². The van der Waals surface area contributed by atoms with Crippen LogP contribution in [0.2, 0.25) is 0 Å². The van der Waals surface area contributed by atoms with E-state index < -0.39 is 11.7 Å². The smallest absolute Gasteiger partial charge is 0.417 e. The molecule has 0 radical (unpaired) electrons. The van der Waals surface area contributed by atoms with Crippen molar-refractivity contribution >= 4 is 6.08 Å². The number of aromatic nitrogens is 4. The van der Waals surface area contributed by atoms with Gasteiger partial charge < -0.3 is 5.11 Å². The number of nitrogens with zero attached hydrogens (tertiary/aromatic N) is 6. The van der Waals surface area contributed by atoms with Gasteiger partial charge in [-0.15, -0.1) is 5.10 Å². The molecule has 1 N–H and O–H groups in total. The Kier molecular flexibility index (Phi) is 7.99. The van der Waals surface area contributed by atoms with Crippen molar-refractivity contribution in [2.75, 3.05) is 32.7 Å². The molecule has 40 heavy (non-hydrogen) atoms. The van der Waals surface area contributed by atoms with Crippen LogP contribution in [0.15, 0.2) is 66.7 Å². The normalized spacial score (nSPS) is 15.2. The maximum absolute atomic E-state index is 14.3. The van der Waals surface area contributed by atoms with Gasteiger partial charge in [0, 0.05) is 50.4 Å². The largest absolute Gasteiger partial charge is 0.507 e. The van der Waals surface area contributed by atoms with Gasteiger partial charge in [-0.1, -0.05) is 60.7 Å². The van der Waals surface area contributed by atoms with Crippen LogP contribution >= 0.6 is 0 Å². The van der Waals surface area contributed by atoms with Crippen molar-refractivity contribution in [1.29, 1.82) is 0 Å². The summed E-state index contributed by atoms with van der Waals surface area (Å²) < 4.78 is 44.3. The number of halogens is 3. The third-order valence-corrected chi connectivity index (χ3v) is 7.26. The Hall–Kier alpha value is -4.02. The van der Waals surface area contributed by atoms with Crippen molar-refractivity contribution in [3.05, 3.63) is 94.6 Å². The van der Waals surface area contributed by atoms with Gasteiger partial charge in [-0.3, -0.25) is 9.80 Å². The number of para-hydroxylation sites is 2. The fourth-order valence-electron chi connectivity index (χ4n) is 5.19. The van der Waals surface area contributed by atoms with Crippen molar-refractivity contribution in [3.63, 3.8) is 0 Å². The zero-order chi connectivity index (χ0) is 28.3. The number of piperazine rings is 1. The number of tetrazole rings is 1. The van der Waals surface area contributed by atoms with E-state index in [1.54, 1.807) is 18.2 Å². The summed E-state index contributed by atoms with van der Waals surface area (Å²) in [4.78, 5) is 4.44. The van der Waals surface area contributed by atoms with Crippen LogP contribution in [0.3, 0.4) is 0 Å². The number of hydrogen-bond donors (Lipinski definition) is 1. The van der Waals surface area contributed by atoms with E-state index in [1.165, 1.54) is 10.7 Å². The third kappa shape index (κ3) is 5.93. The van der Waals surface area contributed by atoms with E-state index in [9.17, 15) is 18.3 Å². The van der Waals surface area contributed by atoms with E-state index in [2.05, 4.69) is 25.3 Å². The monoisotopic (exact) mass is 548 g/mol. The number of phenolic OH excluding ortho intramolecular Hbond substituents is 1. The van der Waals surface area contributed by atoms with E-state index in [-0.39, 0.29) is 17.1 Å². The average Bonchev–Trinajstić information content (AvgIpc) is 3.39. The molecule has 0 aliphatic carbocycles. The number of rotatable bonds is 7. The first-order valence-electron chi connectivity index (χ1n) is 13.2. The summed E-state index contributed by atoms with van der Waals surface area (Å²) >= 11 is 0. The number of aryl methyl sites for hydroxylation is 2. The molecule has 0 bridgehead atoms. The average molecular weight is 549 g/mol. The molecule has 10 heteroatoms. The van der Waals surface area contributed by atoms with Crippen molar-refractivity contribution in [2.24, 2.45) is 0 Å². The summed E-state index contributed by atoms with van der Waals surface area (Å²) in [6.45, 7) is 7.83. The standard InChI is InChI=1S/C30H31F3N6O/c1-21-8-5-9-22(2)28(21)39-29(34-35-36-39)27-24(11-6-13-25(27)30(31,32)33)20-38-18-16-37(17-19-38)15-7-12-23-10-3-4-14-26(23)40/h3-14,40H,15-20H2,1-2H3. The highest BCUT2D eigenvalue weighted by atomic mass is 19.4. The third-order valence-electron chi connectivity index (χ3n) is 7.26. The van der Waals surface area contributed by atoms with Crippen LogP contribution in [0.25, 0.3) is 23.2 Å². The fraction of sp³-hybridized carbons (Fsp3) is 0.300. The Morgan fingerprint density at radius 1 is 0.875 bits per heavy atom. The predicted octanol–water partition coefficient (Wildman–Crippen LogP) is 5.50. The quantitative estimate of drug-likeness (QED) is 0.329. The van der Waals surface area contributed by atoms with Gasteiger partial charge in [0.15, 0.2) is 5.82 Å². The lowest BCUT2D eigenvalue weighted by Gasteiger charge is -2.34. The molecule has 2 heterocycles. The second-order valence-electron chi connectivity index (χ2n) is 10.0. The molecule has 1 aliphatic heterocycles. The highest BCUT2D eigenvalue weighted by Gasteiger charge is 2.37. The Bertz CT molecular complexity index is 1490. The number of phenols is 1. The lowest BCUT2D eigenvalue weighted by atomic mass is 9.98. The summed E-state index contributed by atoms with van der Waals surface area (Å²) in [5.41, 5.74) is 2.97. The molecule has 0 unspecified atom stereocenters. The summed E-state index contributed by atoms with van der Waals surface area (Å²) in [6.07, 6.45) is -0.652. The summed E-state index contributed by atoms with van der Waals surface area (Å²) in [7, 11) is 0. The van der Waals surface area contributed by atoms with E-state index in [0.717, 1.165) is 42.4 Å². The highest BCUT2D eigenvalue weighted by molar-refractivity contribution is 5.68. The van der Waals surface area contributed by atoms with Crippen LogP contribution in [0, 0.1) is 13.8 Å². The molecule has 1 fully saturated rings. The molecule has 1 saturated heterocycles. The first-order chi connectivity index (χ1) is 19.2. The SMILES string of the molecule is Cc1cccc(C)c1-n1nnnc1-c1c(CN2CCN(CC=Cc3ccccc3O)CC2)cccc1C(F)(F)F. The fourth-order valence-corrected chi connectivity index (χ4v) is 5.19. The summed E-state index contributed by atoms with van der Waals surface area (Å²) in [5.74, 6) is 0.317. The van der Waals surface area contributed by atoms with Gasteiger partial charge in [-0.05, 0) is 53.1 Å². The molecule has 5 rings (SSSR count). The molecule has 1 aliphatic rings. The van der Waals surface area contributed by atoms with Crippen LogP contribution in [0.5, 0.6) is 5.75 Å². The van der Waals surface area contributed by atoms with Gasteiger partial charge in [0.2, 0.25) is 0 Å². The van der Waals surface area contributed by atoms with Gasteiger partial charge in [0.1, 0.15) is 5.75 Å². The topological polar surface area (TPSA) is 70.3 Å². The second-order valence-corrected chi connectivity index (χ2v) is 10.0. The van der Waals surface area contributed by atoms with Gasteiger partial charge in [-0.2, -0.15) is 17.9 Å². The minimum Gasteiger partial charge on any atom is -0.507 e. The minimum atomic E-state index is -4.57. The molecule has 0 amide bonds. The van der Waals surface area contributed by atoms with Crippen molar-refractivity contribution in [2.45, 2.75) is 26.6 Å². The Labute approximate surface area is 231 Å². The number of hydrogen-bond acceptors (Lipinski definition) is 6. The van der Waals surface area contributed by atoms with E-state index in [0.29, 0.717) is 30.9 Å². The Morgan fingerprint density at radius 2 is 1.55 bits per heavy atom. The maximum Gasteiger partial charge on any atom is 0.417 e.